The minimum atomic E-state index is -0.455. The van der Waals surface area contributed by atoms with Crippen LogP contribution in [0.25, 0.3) is 0 Å². The fourth-order valence-electron chi connectivity index (χ4n) is 3.02. The maximum Gasteiger partial charge on any atom is 0.410 e. The molecule has 0 bridgehead atoms. The minimum absolute atomic E-state index is 0.214. The van der Waals surface area contributed by atoms with E-state index in [1.54, 1.807) is 0 Å². The lowest BCUT2D eigenvalue weighted by Gasteiger charge is -2.34. The van der Waals surface area contributed by atoms with Gasteiger partial charge >= 0.3 is 6.09 Å². The molecule has 1 unspecified atom stereocenters. The van der Waals surface area contributed by atoms with Crippen molar-refractivity contribution in [2.24, 2.45) is 5.92 Å². The number of likely N-dealkylation sites (tertiary alicyclic amines) is 1. The molecule has 1 aliphatic heterocycles. The number of hydrogen-bond donors (Lipinski definition) is 1. The number of nitrogens with zero attached hydrogens (tertiary/aromatic N) is 2. The molecule has 1 saturated heterocycles. The Balaban J connectivity index is 1.95. The summed E-state index contributed by atoms with van der Waals surface area (Å²) in [4.78, 5) is 16.2. The summed E-state index contributed by atoms with van der Waals surface area (Å²) in [6.07, 6.45) is 1.89. The average molecular weight is 368 g/mol. The van der Waals surface area contributed by atoms with Gasteiger partial charge in [-0.05, 0) is 57.7 Å². The van der Waals surface area contributed by atoms with E-state index in [0.717, 1.165) is 43.9 Å². The van der Waals surface area contributed by atoms with Gasteiger partial charge in [-0.3, -0.25) is 0 Å². The Morgan fingerprint density at radius 3 is 2.76 bits per heavy atom. The summed E-state index contributed by atoms with van der Waals surface area (Å²) in [5, 5.41) is 4.22. The Morgan fingerprint density at radius 1 is 1.40 bits per heavy atom. The smallest absolute Gasteiger partial charge is 0.410 e. The summed E-state index contributed by atoms with van der Waals surface area (Å²) in [5.41, 5.74) is 1.67. The van der Waals surface area contributed by atoms with Crippen molar-refractivity contribution >= 4 is 29.1 Å². The fourth-order valence-corrected chi connectivity index (χ4v) is 3.19. The van der Waals surface area contributed by atoms with Crippen molar-refractivity contribution in [3.63, 3.8) is 0 Å². The van der Waals surface area contributed by atoms with Crippen molar-refractivity contribution < 1.29 is 9.53 Å². The van der Waals surface area contributed by atoms with Gasteiger partial charge in [0.15, 0.2) is 0 Å². The summed E-state index contributed by atoms with van der Waals surface area (Å²) in [6, 6.07) is 5.86. The number of piperidine rings is 1. The lowest BCUT2D eigenvalue weighted by Crippen LogP contribution is -2.44. The van der Waals surface area contributed by atoms with E-state index in [4.69, 9.17) is 16.3 Å². The molecule has 0 radical (unpaired) electrons. The summed E-state index contributed by atoms with van der Waals surface area (Å²) >= 11 is 6.14. The first-order chi connectivity index (χ1) is 11.7. The standard InChI is InChI=1S/C19H30ClN3O2/c1-19(2,3)25-18(24)23-10-6-7-14(13-23)12-21-16-11-15(20)8-9-17(16)22(4)5/h8-9,11,14,21H,6-7,10,12-13H2,1-5H3. The van der Waals surface area contributed by atoms with Crippen molar-refractivity contribution in [2.75, 3.05) is 43.9 Å². The molecule has 5 nitrogen and oxygen atoms in total. The van der Waals surface area contributed by atoms with Crippen LogP contribution in [0.1, 0.15) is 33.6 Å². The largest absolute Gasteiger partial charge is 0.444 e. The van der Waals surface area contributed by atoms with Gasteiger partial charge in [-0.2, -0.15) is 0 Å². The Bertz CT molecular complexity index is 599. The highest BCUT2D eigenvalue weighted by Crippen LogP contribution is 2.29. The summed E-state index contributed by atoms with van der Waals surface area (Å²) in [7, 11) is 4.03. The summed E-state index contributed by atoms with van der Waals surface area (Å²) in [6.45, 7) is 7.99. The molecule has 0 aromatic heterocycles. The average Bonchev–Trinajstić information content (AvgIpc) is 2.51. The zero-order chi connectivity index (χ0) is 18.6. The molecule has 25 heavy (non-hydrogen) atoms. The third-order valence-electron chi connectivity index (χ3n) is 4.19. The van der Waals surface area contributed by atoms with Gasteiger partial charge in [-0.15, -0.1) is 0 Å². The fraction of sp³-hybridized carbons (Fsp3) is 0.632. The van der Waals surface area contributed by atoms with Crippen molar-refractivity contribution in [1.82, 2.24) is 4.90 Å². The molecule has 1 fully saturated rings. The molecule has 6 heteroatoms. The Kier molecular flexibility index (Phi) is 6.44. The van der Waals surface area contributed by atoms with Crippen molar-refractivity contribution in [2.45, 2.75) is 39.2 Å². The molecule has 1 aliphatic rings. The number of benzene rings is 1. The molecule has 0 spiro atoms. The normalized spacial score (nSPS) is 18.0. The van der Waals surface area contributed by atoms with Gasteiger partial charge in [0.2, 0.25) is 0 Å². The van der Waals surface area contributed by atoms with E-state index < -0.39 is 5.60 Å². The number of ether oxygens (including phenoxy) is 1. The van der Waals surface area contributed by atoms with Crippen LogP contribution in [0.3, 0.4) is 0 Å². The quantitative estimate of drug-likeness (QED) is 0.853. The number of amides is 1. The second-order valence-electron chi connectivity index (χ2n) is 7.87. The van der Waals surface area contributed by atoms with Crippen LogP contribution in [-0.2, 0) is 4.74 Å². The molecule has 1 aromatic rings. The number of hydrogen-bond acceptors (Lipinski definition) is 4. The highest BCUT2D eigenvalue weighted by molar-refractivity contribution is 6.31. The molecule has 1 aromatic carbocycles. The lowest BCUT2D eigenvalue weighted by atomic mass is 9.98. The van der Waals surface area contributed by atoms with Crippen LogP contribution in [-0.4, -0.2) is 50.3 Å². The van der Waals surface area contributed by atoms with Crippen molar-refractivity contribution in [1.29, 1.82) is 0 Å². The zero-order valence-electron chi connectivity index (χ0n) is 15.9. The van der Waals surface area contributed by atoms with E-state index in [0.29, 0.717) is 10.9 Å². The molecular weight excluding hydrogens is 338 g/mol. The van der Waals surface area contributed by atoms with E-state index in [1.807, 2.05) is 58.0 Å². The zero-order valence-corrected chi connectivity index (χ0v) is 16.7. The monoisotopic (exact) mass is 367 g/mol. The number of halogens is 1. The highest BCUT2D eigenvalue weighted by atomic mass is 35.5. The molecule has 1 N–H and O–H groups in total. The second kappa shape index (κ2) is 8.17. The maximum absolute atomic E-state index is 12.3. The molecule has 2 rings (SSSR count). The number of carbonyl (C=O) groups excluding carboxylic acids is 1. The SMILES string of the molecule is CN(C)c1ccc(Cl)cc1NCC1CCCN(C(=O)OC(C)(C)C)C1. The predicted molar refractivity (Wildman–Crippen MR) is 105 cm³/mol. The lowest BCUT2D eigenvalue weighted by molar-refractivity contribution is 0.0172. The molecule has 0 aliphatic carbocycles. The van der Waals surface area contributed by atoms with Gasteiger partial charge in [0, 0.05) is 38.8 Å². The molecular formula is C19H30ClN3O2. The van der Waals surface area contributed by atoms with E-state index >= 15 is 0 Å². The van der Waals surface area contributed by atoms with E-state index in [-0.39, 0.29) is 6.09 Å². The van der Waals surface area contributed by atoms with Crippen LogP contribution in [0.15, 0.2) is 18.2 Å². The van der Waals surface area contributed by atoms with Gasteiger partial charge < -0.3 is 19.9 Å². The third-order valence-corrected chi connectivity index (χ3v) is 4.43. The molecule has 1 heterocycles. The van der Waals surface area contributed by atoms with Gasteiger partial charge in [0.1, 0.15) is 5.60 Å². The second-order valence-corrected chi connectivity index (χ2v) is 8.31. The maximum atomic E-state index is 12.3. The highest BCUT2D eigenvalue weighted by Gasteiger charge is 2.27. The first-order valence-corrected chi connectivity index (χ1v) is 9.22. The number of carbonyl (C=O) groups is 1. The molecule has 1 amide bonds. The first kappa shape index (κ1) is 19.7. The number of nitrogens with one attached hydrogen (secondary N) is 1. The van der Waals surface area contributed by atoms with E-state index in [9.17, 15) is 4.79 Å². The van der Waals surface area contributed by atoms with Gasteiger partial charge in [-0.1, -0.05) is 11.6 Å². The molecule has 140 valence electrons. The van der Waals surface area contributed by atoms with Crippen LogP contribution in [0.5, 0.6) is 0 Å². The van der Waals surface area contributed by atoms with Crippen LogP contribution in [0.2, 0.25) is 5.02 Å². The van der Waals surface area contributed by atoms with Crippen molar-refractivity contribution in [3.8, 4) is 0 Å². The van der Waals surface area contributed by atoms with Crippen LogP contribution < -0.4 is 10.2 Å². The predicted octanol–water partition coefficient (Wildman–Crippen LogP) is 4.47. The Hall–Kier alpha value is -1.62. The third kappa shape index (κ3) is 5.99. The van der Waals surface area contributed by atoms with Gasteiger partial charge in [-0.25, -0.2) is 4.79 Å². The number of rotatable bonds is 4. The Labute approximate surface area is 156 Å². The molecule has 0 saturated carbocycles. The first-order valence-electron chi connectivity index (χ1n) is 8.84. The van der Waals surface area contributed by atoms with Gasteiger partial charge in [0.05, 0.1) is 11.4 Å². The topological polar surface area (TPSA) is 44.8 Å². The van der Waals surface area contributed by atoms with E-state index in [2.05, 4.69) is 10.2 Å². The summed E-state index contributed by atoms with van der Waals surface area (Å²) < 4.78 is 5.50. The van der Waals surface area contributed by atoms with Crippen LogP contribution in [0.4, 0.5) is 16.2 Å². The number of anilines is 2. The summed E-state index contributed by atoms with van der Waals surface area (Å²) in [5.74, 6) is 0.398. The Morgan fingerprint density at radius 2 is 2.12 bits per heavy atom. The minimum Gasteiger partial charge on any atom is -0.444 e. The van der Waals surface area contributed by atoms with E-state index in [1.165, 1.54) is 0 Å². The van der Waals surface area contributed by atoms with Gasteiger partial charge in [0.25, 0.3) is 0 Å². The van der Waals surface area contributed by atoms with Crippen molar-refractivity contribution in [3.05, 3.63) is 23.2 Å². The molecule has 1 atom stereocenters. The van der Waals surface area contributed by atoms with Crippen LogP contribution >= 0.6 is 11.6 Å². The van der Waals surface area contributed by atoms with Crippen LogP contribution in [0, 0.1) is 5.92 Å².